The monoisotopic (exact) mass is 204 g/mol. The molecule has 0 bridgehead atoms. The standard InChI is InChI=1S/C10H18F2N2/c1-2-13-7-4-9(10(11,12)8-13)14-5-3-6-14/h9H,2-8H2,1H3. The van der Waals surface area contributed by atoms with Crippen molar-refractivity contribution in [2.45, 2.75) is 31.7 Å². The maximum atomic E-state index is 13.7. The van der Waals surface area contributed by atoms with Crippen LogP contribution in [0, 0.1) is 0 Å². The molecule has 0 aromatic rings. The zero-order valence-electron chi connectivity index (χ0n) is 8.68. The molecule has 2 aliphatic rings. The summed E-state index contributed by atoms with van der Waals surface area (Å²) < 4.78 is 27.4. The average molecular weight is 204 g/mol. The molecule has 0 aliphatic carbocycles. The lowest BCUT2D eigenvalue weighted by atomic mass is 9.96. The third-order valence-corrected chi connectivity index (χ3v) is 3.42. The van der Waals surface area contributed by atoms with Gasteiger partial charge < -0.3 is 0 Å². The van der Waals surface area contributed by atoms with Gasteiger partial charge in [0.25, 0.3) is 5.92 Å². The van der Waals surface area contributed by atoms with Crippen LogP contribution in [0.3, 0.4) is 0 Å². The van der Waals surface area contributed by atoms with Crippen molar-refractivity contribution in [3.8, 4) is 0 Å². The van der Waals surface area contributed by atoms with Crippen molar-refractivity contribution in [2.75, 3.05) is 32.7 Å². The van der Waals surface area contributed by atoms with Crippen molar-refractivity contribution < 1.29 is 8.78 Å². The minimum Gasteiger partial charge on any atom is -0.298 e. The SMILES string of the molecule is CCN1CCC(N2CCC2)C(F)(F)C1. The van der Waals surface area contributed by atoms with Crippen LogP contribution in [-0.4, -0.2) is 54.5 Å². The van der Waals surface area contributed by atoms with E-state index in [0.29, 0.717) is 6.42 Å². The molecular formula is C10H18F2N2. The molecule has 1 atom stereocenters. The summed E-state index contributed by atoms with van der Waals surface area (Å²) >= 11 is 0. The third-order valence-electron chi connectivity index (χ3n) is 3.42. The maximum absolute atomic E-state index is 13.7. The smallest absolute Gasteiger partial charge is 0.275 e. The highest BCUT2D eigenvalue weighted by atomic mass is 19.3. The second-order valence-corrected chi connectivity index (χ2v) is 4.32. The predicted octanol–water partition coefficient (Wildman–Crippen LogP) is 1.42. The van der Waals surface area contributed by atoms with E-state index in [4.69, 9.17) is 0 Å². The Labute approximate surface area is 83.9 Å². The summed E-state index contributed by atoms with van der Waals surface area (Å²) in [6, 6.07) is -0.487. The van der Waals surface area contributed by atoms with Crippen LogP contribution < -0.4 is 0 Å². The molecule has 2 nitrogen and oxygen atoms in total. The van der Waals surface area contributed by atoms with Gasteiger partial charge in [-0.3, -0.25) is 9.80 Å². The van der Waals surface area contributed by atoms with Crippen LogP contribution in [0.2, 0.25) is 0 Å². The highest BCUT2D eigenvalue weighted by molar-refractivity contribution is 4.95. The predicted molar refractivity (Wildman–Crippen MR) is 51.7 cm³/mol. The Morgan fingerprint density at radius 1 is 1.29 bits per heavy atom. The van der Waals surface area contributed by atoms with Crippen LogP contribution in [-0.2, 0) is 0 Å². The molecule has 2 rings (SSSR count). The van der Waals surface area contributed by atoms with Gasteiger partial charge >= 0.3 is 0 Å². The molecule has 0 saturated carbocycles. The van der Waals surface area contributed by atoms with Crippen molar-refractivity contribution in [3.63, 3.8) is 0 Å². The lowest BCUT2D eigenvalue weighted by Gasteiger charge is -2.46. The van der Waals surface area contributed by atoms with Crippen molar-refractivity contribution >= 4 is 0 Å². The van der Waals surface area contributed by atoms with E-state index in [1.165, 1.54) is 0 Å². The molecule has 4 heteroatoms. The van der Waals surface area contributed by atoms with Gasteiger partial charge in [0.05, 0.1) is 12.6 Å². The number of halogens is 2. The number of piperidine rings is 1. The second kappa shape index (κ2) is 3.74. The number of alkyl halides is 2. The average Bonchev–Trinajstić information content (AvgIpc) is 2.04. The normalized spacial score (nSPS) is 34.1. The summed E-state index contributed by atoms with van der Waals surface area (Å²) in [5.74, 6) is -2.51. The maximum Gasteiger partial charge on any atom is 0.275 e. The Bertz CT molecular complexity index is 204. The van der Waals surface area contributed by atoms with E-state index in [1.54, 1.807) is 0 Å². The molecule has 0 aromatic carbocycles. The topological polar surface area (TPSA) is 6.48 Å². The summed E-state index contributed by atoms with van der Waals surface area (Å²) in [7, 11) is 0. The van der Waals surface area contributed by atoms with E-state index in [1.807, 2.05) is 16.7 Å². The fraction of sp³-hybridized carbons (Fsp3) is 1.00. The molecule has 0 amide bonds. The van der Waals surface area contributed by atoms with E-state index in [0.717, 1.165) is 32.6 Å². The van der Waals surface area contributed by atoms with Gasteiger partial charge in [0.2, 0.25) is 0 Å². The molecule has 2 heterocycles. The first kappa shape index (κ1) is 10.3. The van der Waals surface area contributed by atoms with Gasteiger partial charge in [-0.25, -0.2) is 8.78 Å². The molecule has 2 saturated heterocycles. The van der Waals surface area contributed by atoms with Crippen LogP contribution in [0.15, 0.2) is 0 Å². The lowest BCUT2D eigenvalue weighted by molar-refractivity contribution is -0.138. The van der Waals surface area contributed by atoms with Crippen molar-refractivity contribution in [1.29, 1.82) is 0 Å². The largest absolute Gasteiger partial charge is 0.298 e. The first-order chi connectivity index (χ1) is 6.63. The minimum atomic E-state index is -2.51. The van der Waals surface area contributed by atoms with Gasteiger partial charge in [0, 0.05) is 6.54 Å². The van der Waals surface area contributed by atoms with Crippen molar-refractivity contribution in [1.82, 2.24) is 9.80 Å². The molecule has 14 heavy (non-hydrogen) atoms. The first-order valence-corrected chi connectivity index (χ1v) is 5.47. The van der Waals surface area contributed by atoms with Crippen LogP contribution >= 0.6 is 0 Å². The van der Waals surface area contributed by atoms with Gasteiger partial charge in [-0.05, 0) is 32.5 Å². The zero-order valence-corrected chi connectivity index (χ0v) is 8.68. The van der Waals surface area contributed by atoms with Crippen molar-refractivity contribution in [2.24, 2.45) is 0 Å². The van der Waals surface area contributed by atoms with Gasteiger partial charge in [0.1, 0.15) is 0 Å². The molecular weight excluding hydrogens is 186 g/mol. The molecule has 2 aliphatic heterocycles. The van der Waals surface area contributed by atoms with E-state index >= 15 is 0 Å². The first-order valence-electron chi connectivity index (χ1n) is 5.47. The summed E-state index contributed by atoms with van der Waals surface area (Å²) in [6.45, 7) is 5.19. The fourth-order valence-corrected chi connectivity index (χ4v) is 2.37. The molecule has 2 fully saturated rings. The van der Waals surface area contributed by atoms with Gasteiger partial charge in [-0.15, -0.1) is 0 Å². The highest BCUT2D eigenvalue weighted by Crippen LogP contribution is 2.33. The van der Waals surface area contributed by atoms with Crippen molar-refractivity contribution in [3.05, 3.63) is 0 Å². The van der Waals surface area contributed by atoms with E-state index in [9.17, 15) is 8.78 Å². The Kier molecular flexibility index (Phi) is 2.75. The van der Waals surface area contributed by atoms with E-state index in [2.05, 4.69) is 0 Å². The number of hydrogen-bond acceptors (Lipinski definition) is 2. The summed E-state index contributed by atoms with van der Waals surface area (Å²) in [6.07, 6.45) is 1.71. The highest BCUT2D eigenvalue weighted by Gasteiger charge is 2.47. The fourth-order valence-electron chi connectivity index (χ4n) is 2.37. The summed E-state index contributed by atoms with van der Waals surface area (Å²) in [5, 5.41) is 0. The van der Waals surface area contributed by atoms with Gasteiger partial charge in [-0.2, -0.15) is 0 Å². The quantitative estimate of drug-likeness (QED) is 0.671. The van der Waals surface area contributed by atoms with E-state index < -0.39 is 12.0 Å². The Morgan fingerprint density at radius 3 is 2.43 bits per heavy atom. The Balaban J connectivity index is 1.98. The minimum absolute atomic E-state index is 0.0509. The summed E-state index contributed by atoms with van der Waals surface area (Å²) in [4.78, 5) is 3.78. The molecule has 0 N–H and O–H groups in total. The second-order valence-electron chi connectivity index (χ2n) is 4.32. The summed E-state index contributed by atoms with van der Waals surface area (Å²) in [5.41, 5.74) is 0. The zero-order chi connectivity index (χ0) is 10.2. The van der Waals surface area contributed by atoms with Crippen LogP contribution in [0.1, 0.15) is 19.8 Å². The number of likely N-dealkylation sites (tertiary alicyclic amines) is 2. The van der Waals surface area contributed by atoms with E-state index in [-0.39, 0.29) is 6.54 Å². The number of hydrogen-bond donors (Lipinski definition) is 0. The third kappa shape index (κ3) is 1.77. The molecule has 0 aromatic heterocycles. The van der Waals surface area contributed by atoms with Crippen LogP contribution in [0.4, 0.5) is 8.78 Å². The molecule has 0 radical (unpaired) electrons. The number of nitrogens with zero attached hydrogens (tertiary/aromatic N) is 2. The molecule has 82 valence electrons. The lowest BCUT2D eigenvalue weighted by Crippen LogP contribution is -2.61. The molecule has 0 spiro atoms. The Hall–Kier alpha value is -0.220. The van der Waals surface area contributed by atoms with Crippen LogP contribution in [0.5, 0.6) is 0 Å². The van der Waals surface area contributed by atoms with Crippen LogP contribution in [0.25, 0.3) is 0 Å². The molecule has 1 unspecified atom stereocenters. The van der Waals surface area contributed by atoms with Gasteiger partial charge in [0.15, 0.2) is 0 Å². The number of rotatable bonds is 2. The van der Waals surface area contributed by atoms with Gasteiger partial charge in [-0.1, -0.05) is 6.92 Å². The Morgan fingerprint density at radius 2 is 2.00 bits per heavy atom.